The number of esters is 1. The largest absolute Gasteiger partial charge is 0.493 e. The predicted octanol–water partition coefficient (Wildman–Crippen LogP) is 4.81. The van der Waals surface area contributed by atoms with E-state index in [-0.39, 0.29) is 5.91 Å². The Labute approximate surface area is 155 Å². The third-order valence-electron chi connectivity index (χ3n) is 3.27. The van der Waals surface area contributed by atoms with Crippen LogP contribution in [0.2, 0.25) is 0 Å². The molecule has 0 saturated carbocycles. The third kappa shape index (κ3) is 5.60. The highest BCUT2D eigenvalue weighted by Crippen LogP contribution is 2.26. The highest BCUT2D eigenvalue weighted by Gasteiger charge is 2.16. The van der Waals surface area contributed by atoms with E-state index < -0.39 is 5.97 Å². The molecule has 0 aromatic heterocycles. The second-order valence-corrected chi connectivity index (χ2v) is 6.22. The monoisotopic (exact) mass is 405 g/mol. The van der Waals surface area contributed by atoms with E-state index in [4.69, 9.17) is 9.47 Å². The molecule has 132 valence electrons. The number of benzene rings is 2. The Balaban J connectivity index is 2.18. The number of carbonyl (C=O) groups excluding carboxylic acids is 2. The Bertz CT molecular complexity index is 761. The van der Waals surface area contributed by atoms with E-state index in [9.17, 15) is 9.59 Å². The zero-order chi connectivity index (χ0) is 18.2. The summed E-state index contributed by atoms with van der Waals surface area (Å²) in [5.74, 6) is 0.197. The van der Waals surface area contributed by atoms with E-state index in [0.717, 1.165) is 10.9 Å². The Morgan fingerprint density at radius 3 is 2.64 bits per heavy atom. The van der Waals surface area contributed by atoms with Gasteiger partial charge in [0.2, 0.25) is 5.91 Å². The summed E-state index contributed by atoms with van der Waals surface area (Å²) in [4.78, 5) is 24.0. The number of nitrogens with one attached hydrogen (secondary N) is 1. The first-order valence-corrected chi connectivity index (χ1v) is 8.87. The fourth-order valence-corrected chi connectivity index (χ4v) is 2.41. The van der Waals surface area contributed by atoms with Crippen molar-refractivity contribution >= 4 is 33.5 Å². The summed E-state index contributed by atoms with van der Waals surface area (Å²) in [7, 11) is 0. The molecular weight excluding hydrogens is 386 g/mol. The van der Waals surface area contributed by atoms with Crippen LogP contribution < -0.4 is 14.8 Å². The maximum atomic E-state index is 12.5. The van der Waals surface area contributed by atoms with Crippen LogP contribution in [0.3, 0.4) is 0 Å². The lowest BCUT2D eigenvalue weighted by Gasteiger charge is -2.12. The van der Waals surface area contributed by atoms with Crippen molar-refractivity contribution in [3.8, 4) is 11.5 Å². The van der Waals surface area contributed by atoms with Crippen molar-refractivity contribution in [2.45, 2.75) is 26.7 Å². The molecule has 0 saturated heterocycles. The fraction of sp³-hybridized carbons (Fsp3) is 0.263. The molecule has 0 bridgehead atoms. The van der Waals surface area contributed by atoms with Gasteiger partial charge < -0.3 is 14.8 Å². The molecule has 5 nitrogen and oxygen atoms in total. The molecular formula is C19H20BrNO4. The standard InChI is InChI=1S/C19H20BrNO4/c1-3-10-24-17-9-8-13(20)11-16(17)19(23)25-15-7-5-6-14(12-15)21-18(22)4-2/h5-9,11-12H,3-4,10H2,1-2H3,(H,21,22). The first kappa shape index (κ1) is 19.0. The molecule has 0 radical (unpaired) electrons. The van der Waals surface area contributed by atoms with Crippen LogP contribution in [0.25, 0.3) is 0 Å². The van der Waals surface area contributed by atoms with Gasteiger partial charge >= 0.3 is 5.97 Å². The summed E-state index contributed by atoms with van der Waals surface area (Å²) in [5, 5.41) is 2.73. The molecule has 0 fully saturated rings. The van der Waals surface area contributed by atoms with E-state index in [1.165, 1.54) is 0 Å². The summed E-state index contributed by atoms with van der Waals surface area (Å²) in [6.45, 7) is 4.28. The van der Waals surface area contributed by atoms with E-state index >= 15 is 0 Å². The summed E-state index contributed by atoms with van der Waals surface area (Å²) in [6.07, 6.45) is 1.21. The summed E-state index contributed by atoms with van der Waals surface area (Å²) >= 11 is 3.35. The minimum absolute atomic E-state index is 0.106. The molecule has 1 amide bonds. The van der Waals surface area contributed by atoms with Crippen LogP contribution in [0, 0.1) is 0 Å². The van der Waals surface area contributed by atoms with Crippen LogP contribution in [0.5, 0.6) is 11.5 Å². The zero-order valence-corrected chi connectivity index (χ0v) is 15.8. The van der Waals surface area contributed by atoms with Crippen molar-refractivity contribution in [1.29, 1.82) is 0 Å². The van der Waals surface area contributed by atoms with Gasteiger partial charge in [0, 0.05) is 22.6 Å². The van der Waals surface area contributed by atoms with Crippen molar-refractivity contribution in [3.63, 3.8) is 0 Å². The van der Waals surface area contributed by atoms with Gasteiger partial charge in [-0.05, 0) is 36.8 Å². The number of anilines is 1. The van der Waals surface area contributed by atoms with Crippen molar-refractivity contribution < 1.29 is 19.1 Å². The molecule has 0 aliphatic heterocycles. The average Bonchev–Trinajstić information content (AvgIpc) is 2.60. The summed E-state index contributed by atoms with van der Waals surface area (Å²) < 4.78 is 11.8. The van der Waals surface area contributed by atoms with Crippen LogP contribution in [0.15, 0.2) is 46.9 Å². The lowest BCUT2D eigenvalue weighted by molar-refractivity contribution is -0.115. The van der Waals surface area contributed by atoms with Crippen molar-refractivity contribution in [2.24, 2.45) is 0 Å². The van der Waals surface area contributed by atoms with Gasteiger partial charge in [0.05, 0.1) is 6.61 Å². The van der Waals surface area contributed by atoms with Crippen LogP contribution in [0.4, 0.5) is 5.69 Å². The molecule has 1 N–H and O–H groups in total. The highest BCUT2D eigenvalue weighted by atomic mass is 79.9. The lowest BCUT2D eigenvalue weighted by Crippen LogP contribution is -2.12. The van der Waals surface area contributed by atoms with Gasteiger partial charge in [-0.25, -0.2) is 4.79 Å². The Morgan fingerprint density at radius 1 is 1.12 bits per heavy atom. The number of amides is 1. The third-order valence-corrected chi connectivity index (χ3v) is 3.77. The second kappa shape index (κ2) is 9.22. The summed E-state index contributed by atoms with van der Waals surface area (Å²) in [5.41, 5.74) is 0.916. The van der Waals surface area contributed by atoms with Crippen LogP contribution in [0.1, 0.15) is 37.0 Å². The highest BCUT2D eigenvalue weighted by molar-refractivity contribution is 9.10. The minimum atomic E-state index is -0.522. The molecule has 2 rings (SSSR count). The number of carbonyl (C=O) groups is 2. The van der Waals surface area contributed by atoms with E-state index in [0.29, 0.717) is 35.8 Å². The smallest absolute Gasteiger partial charge is 0.347 e. The molecule has 6 heteroatoms. The van der Waals surface area contributed by atoms with Crippen molar-refractivity contribution in [2.75, 3.05) is 11.9 Å². The van der Waals surface area contributed by atoms with Gasteiger partial charge in [0.1, 0.15) is 17.1 Å². The Hall–Kier alpha value is -2.34. The number of ether oxygens (including phenoxy) is 2. The van der Waals surface area contributed by atoms with Gasteiger partial charge in [0.25, 0.3) is 0 Å². The number of halogens is 1. The van der Waals surface area contributed by atoms with Gasteiger partial charge in [0.15, 0.2) is 0 Å². The average molecular weight is 406 g/mol. The van der Waals surface area contributed by atoms with Crippen LogP contribution >= 0.6 is 15.9 Å². The van der Waals surface area contributed by atoms with Gasteiger partial charge in [-0.15, -0.1) is 0 Å². The van der Waals surface area contributed by atoms with Gasteiger partial charge in [-0.3, -0.25) is 4.79 Å². The first-order chi connectivity index (χ1) is 12.0. The van der Waals surface area contributed by atoms with E-state index in [2.05, 4.69) is 21.2 Å². The maximum absolute atomic E-state index is 12.5. The molecule has 0 unspecified atom stereocenters. The fourth-order valence-electron chi connectivity index (χ4n) is 2.05. The van der Waals surface area contributed by atoms with E-state index in [1.54, 1.807) is 43.3 Å². The number of hydrogen-bond acceptors (Lipinski definition) is 4. The molecule has 0 aliphatic carbocycles. The first-order valence-electron chi connectivity index (χ1n) is 8.08. The molecule has 2 aromatic carbocycles. The zero-order valence-electron chi connectivity index (χ0n) is 14.2. The van der Waals surface area contributed by atoms with Crippen LogP contribution in [-0.2, 0) is 4.79 Å². The SMILES string of the molecule is CCCOc1ccc(Br)cc1C(=O)Oc1cccc(NC(=O)CC)c1. The molecule has 0 aliphatic rings. The Kier molecular flexibility index (Phi) is 7.01. The van der Waals surface area contributed by atoms with Crippen molar-refractivity contribution in [1.82, 2.24) is 0 Å². The van der Waals surface area contributed by atoms with E-state index in [1.807, 2.05) is 13.0 Å². The van der Waals surface area contributed by atoms with Gasteiger partial charge in [-0.2, -0.15) is 0 Å². The minimum Gasteiger partial charge on any atom is -0.493 e. The quantitative estimate of drug-likeness (QED) is 0.530. The molecule has 2 aromatic rings. The lowest BCUT2D eigenvalue weighted by atomic mass is 10.2. The number of hydrogen-bond donors (Lipinski definition) is 1. The summed E-state index contributed by atoms with van der Waals surface area (Å²) in [6, 6.07) is 11.9. The number of rotatable bonds is 7. The molecule has 0 spiro atoms. The molecule has 25 heavy (non-hydrogen) atoms. The predicted molar refractivity (Wildman–Crippen MR) is 100 cm³/mol. The van der Waals surface area contributed by atoms with Crippen molar-refractivity contribution in [3.05, 3.63) is 52.5 Å². The topological polar surface area (TPSA) is 64.6 Å². The normalized spacial score (nSPS) is 10.2. The maximum Gasteiger partial charge on any atom is 0.347 e. The molecule has 0 atom stereocenters. The Morgan fingerprint density at radius 2 is 1.92 bits per heavy atom. The van der Waals surface area contributed by atoms with Gasteiger partial charge in [-0.1, -0.05) is 35.8 Å². The van der Waals surface area contributed by atoms with Crippen LogP contribution in [-0.4, -0.2) is 18.5 Å². The molecule has 0 heterocycles. The second-order valence-electron chi connectivity index (χ2n) is 5.31.